The first-order valence-corrected chi connectivity index (χ1v) is 5.18. The first-order chi connectivity index (χ1) is 6.20. The summed E-state index contributed by atoms with van der Waals surface area (Å²) in [6.45, 7) is 4.05. The van der Waals surface area contributed by atoms with Crippen LogP contribution >= 0.6 is 0 Å². The van der Waals surface area contributed by atoms with Crippen LogP contribution in [0.1, 0.15) is 32.6 Å². The van der Waals surface area contributed by atoms with E-state index in [0.29, 0.717) is 6.61 Å². The molecule has 0 aromatic rings. The molecule has 80 valence electrons. The Balaban J connectivity index is 3.24. The fraction of sp³-hybridized carbons (Fsp3) is 1.00. The number of likely N-dealkylation sites (N-methyl/N-ethyl adjacent to an activating group) is 1. The maximum atomic E-state index is 9.35. The lowest BCUT2D eigenvalue weighted by atomic mass is 10.2. The second kappa shape index (κ2) is 8.48. The first kappa shape index (κ1) is 12.9. The molecule has 3 nitrogen and oxygen atoms in total. The Morgan fingerprint density at radius 1 is 1.23 bits per heavy atom. The lowest BCUT2D eigenvalue weighted by Crippen LogP contribution is -2.29. The molecule has 13 heavy (non-hydrogen) atoms. The molecule has 0 fully saturated rings. The number of aliphatic hydroxyl groups excluding tert-OH is 2. The summed E-state index contributed by atoms with van der Waals surface area (Å²) in [5.41, 5.74) is 0. The van der Waals surface area contributed by atoms with Crippen molar-refractivity contribution in [2.45, 2.75) is 38.7 Å². The van der Waals surface area contributed by atoms with Crippen LogP contribution in [0.2, 0.25) is 0 Å². The predicted molar refractivity (Wildman–Crippen MR) is 54.7 cm³/mol. The van der Waals surface area contributed by atoms with Gasteiger partial charge in [-0.1, -0.05) is 6.92 Å². The molecule has 0 saturated heterocycles. The van der Waals surface area contributed by atoms with Crippen molar-refractivity contribution < 1.29 is 10.2 Å². The van der Waals surface area contributed by atoms with Gasteiger partial charge in [-0.05, 0) is 39.3 Å². The maximum absolute atomic E-state index is 9.35. The number of unbranched alkanes of at least 4 members (excludes halogenated alkanes) is 2. The minimum Gasteiger partial charge on any atom is -0.396 e. The first-order valence-electron chi connectivity index (χ1n) is 5.18. The summed E-state index contributed by atoms with van der Waals surface area (Å²) in [6.07, 6.45) is 3.70. The fourth-order valence-electron chi connectivity index (χ4n) is 1.25. The van der Waals surface area contributed by atoms with Gasteiger partial charge < -0.3 is 15.1 Å². The molecule has 0 spiro atoms. The van der Waals surface area contributed by atoms with Crippen LogP contribution in [0, 0.1) is 0 Å². The second-order valence-corrected chi connectivity index (χ2v) is 3.61. The van der Waals surface area contributed by atoms with Crippen LogP contribution in [0.3, 0.4) is 0 Å². The van der Waals surface area contributed by atoms with Gasteiger partial charge >= 0.3 is 0 Å². The van der Waals surface area contributed by atoms with Gasteiger partial charge in [0.2, 0.25) is 0 Å². The van der Waals surface area contributed by atoms with Crippen LogP contribution in [-0.4, -0.2) is 48.0 Å². The average molecular weight is 189 g/mol. The third kappa shape index (κ3) is 8.22. The molecule has 0 rings (SSSR count). The SMILES string of the molecule is CCC(O)CN(C)CCCCCO. The predicted octanol–water partition coefficient (Wildman–Crippen LogP) is 0.852. The largest absolute Gasteiger partial charge is 0.396 e. The lowest BCUT2D eigenvalue weighted by Gasteiger charge is -2.19. The Morgan fingerprint density at radius 2 is 1.92 bits per heavy atom. The zero-order chi connectivity index (χ0) is 10.1. The van der Waals surface area contributed by atoms with Gasteiger partial charge in [0.1, 0.15) is 0 Å². The van der Waals surface area contributed by atoms with Crippen molar-refractivity contribution in [3.8, 4) is 0 Å². The van der Waals surface area contributed by atoms with Crippen LogP contribution in [0.25, 0.3) is 0 Å². The highest BCUT2D eigenvalue weighted by molar-refractivity contribution is 4.59. The van der Waals surface area contributed by atoms with E-state index in [9.17, 15) is 5.11 Å². The topological polar surface area (TPSA) is 43.7 Å². The summed E-state index contributed by atoms with van der Waals surface area (Å²) >= 11 is 0. The number of rotatable bonds is 8. The molecule has 0 aliphatic heterocycles. The van der Waals surface area contributed by atoms with Crippen LogP contribution in [0.5, 0.6) is 0 Å². The van der Waals surface area contributed by atoms with E-state index in [0.717, 1.165) is 38.8 Å². The summed E-state index contributed by atoms with van der Waals surface area (Å²) in [4.78, 5) is 2.14. The van der Waals surface area contributed by atoms with E-state index in [-0.39, 0.29) is 6.10 Å². The molecule has 0 saturated carbocycles. The minimum absolute atomic E-state index is 0.192. The highest BCUT2D eigenvalue weighted by atomic mass is 16.3. The Labute approximate surface area is 81.4 Å². The van der Waals surface area contributed by atoms with Crippen molar-refractivity contribution in [3.05, 3.63) is 0 Å². The summed E-state index contributed by atoms with van der Waals surface area (Å²) in [5.74, 6) is 0. The van der Waals surface area contributed by atoms with E-state index >= 15 is 0 Å². The molecule has 0 aromatic carbocycles. The molecule has 0 aliphatic rings. The highest BCUT2D eigenvalue weighted by Crippen LogP contribution is 1.99. The van der Waals surface area contributed by atoms with E-state index in [1.165, 1.54) is 0 Å². The van der Waals surface area contributed by atoms with Gasteiger partial charge in [0, 0.05) is 13.2 Å². The van der Waals surface area contributed by atoms with E-state index in [1.807, 2.05) is 14.0 Å². The molecule has 0 aromatic heterocycles. The van der Waals surface area contributed by atoms with Gasteiger partial charge in [-0.2, -0.15) is 0 Å². The highest BCUT2D eigenvalue weighted by Gasteiger charge is 2.04. The number of hydrogen-bond acceptors (Lipinski definition) is 3. The Kier molecular flexibility index (Phi) is 8.40. The summed E-state index contributed by atoms with van der Waals surface area (Å²) in [7, 11) is 2.03. The molecule has 0 radical (unpaired) electrons. The molecular formula is C10H23NO2. The standard InChI is InChI=1S/C10H23NO2/c1-3-10(13)9-11(2)7-5-4-6-8-12/h10,12-13H,3-9H2,1-2H3. The molecule has 0 amide bonds. The summed E-state index contributed by atoms with van der Waals surface area (Å²) < 4.78 is 0. The number of nitrogens with zero attached hydrogens (tertiary/aromatic N) is 1. The van der Waals surface area contributed by atoms with Crippen molar-refractivity contribution >= 4 is 0 Å². The van der Waals surface area contributed by atoms with Gasteiger partial charge in [0.15, 0.2) is 0 Å². The van der Waals surface area contributed by atoms with Crippen LogP contribution < -0.4 is 0 Å². The van der Waals surface area contributed by atoms with Gasteiger partial charge in [-0.15, -0.1) is 0 Å². The molecule has 0 aliphatic carbocycles. The van der Waals surface area contributed by atoms with Gasteiger partial charge in [-0.25, -0.2) is 0 Å². The Hall–Kier alpha value is -0.120. The van der Waals surface area contributed by atoms with Crippen molar-refractivity contribution in [2.75, 3.05) is 26.7 Å². The molecular weight excluding hydrogens is 166 g/mol. The minimum atomic E-state index is -0.192. The quantitative estimate of drug-likeness (QED) is 0.556. The maximum Gasteiger partial charge on any atom is 0.0664 e. The Bertz CT molecular complexity index is 109. The van der Waals surface area contributed by atoms with E-state index in [2.05, 4.69) is 4.90 Å². The van der Waals surface area contributed by atoms with E-state index in [1.54, 1.807) is 0 Å². The summed E-state index contributed by atoms with van der Waals surface area (Å²) in [5, 5.41) is 17.9. The molecule has 1 unspecified atom stereocenters. The van der Waals surface area contributed by atoms with Crippen LogP contribution in [0.15, 0.2) is 0 Å². The van der Waals surface area contributed by atoms with Gasteiger partial charge in [-0.3, -0.25) is 0 Å². The lowest BCUT2D eigenvalue weighted by molar-refractivity contribution is 0.121. The normalized spacial score (nSPS) is 13.6. The second-order valence-electron chi connectivity index (χ2n) is 3.61. The van der Waals surface area contributed by atoms with Crippen LogP contribution in [-0.2, 0) is 0 Å². The fourth-order valence-corrected chi connectivity index (χ4v) is 1.25. The van der Waals surface area contributed by atoms with Crippen molar-refractivity contribution in [3.63, 3.8) is 0 Å². The molecule has 2 N–H and O–H groups in total. The van der Waals surface area contributed by atoms with Gasteiger partial charge in [0.05, 0.1) is 6.10 Å². The van der Waals surface area contributed by atoms with E-state index < -0.39 is 0 Å². The van der Waals surface area contributed by atoms with Crippen molar-refractivity contribution in [1.29, 1.82) is 0 Å². The monoisotopic (exact) mass is 189 g/mol. The number of hydrogen-bond donors (Lipinski definition) is 2. The van der Waals surface area contributed by atoms with Crippen LogP contribution in [0.4, 0.5) is 0 Å². The average Bonchev–Trinajstić information content (AvgIpc) is 2.12. The zero-order valence-corrected chi connectivity index (χ0v) is 8.87. The smallest absolute Gasteiger partial charge is 0.0664 e. The summed E-state index contributed by atoms with van der Waals surface area (Å²) in [6, 6.07) is 0. The van der Waals surface area contributed by atoms with Gasteiger partial charge in [0.25, 0.3) is 0 Å². The molecule has 1 atom stereocenters. The van der Waals surface area contributed by atoms with Crippen molar-refractivity contribution in [2.24, 2.45) is 0 Å². The third-order valence-corrected chi connectivity index (χ3v) is 2.19. The van der Waals surface area contributed by atoms with Crippen molar-refractivity contribution in [1.82, 2.24) is 4.90 Å². The third-order valence-electron chi connectivity index (χ3n) is 2.19. The molecule has 0 bridgehead atoms. The Morgan fingerprint density at radius 3 is 2.46 bits per heavy atom. The number of aliphatic hydroxyl groups is 2. The van der Waals surface area contributed by atoms with E-state index in [4.69, 9.17) is 5.11 Å². The zero-order valence-electron chi connectivity index (χ0n) is 8.87. The molecule has 0 heterocycles. The molecule has 3 heteroatoms.